The minimum Gasteiger partial charge on any atom is -0.310 e. The Morgan fingerprint density at radius 3 is 1.14 bits per heavy atom. The molecule has 0 fully saturated rings. The van der Waals surface area contributed by atoms with E-state index in [9.17, 15) is 0 Å². The molecule has 0 N–H and O–H groups in total. The summed E-state index contributed by atoms with van der Waals surface area (Å²) in [6.45, 7) is 6.97. The summed E-state index contributed by atoms with van der Waals surface area (Å²) < 4.78 is 0. The van der Waals surface area contributed by atoms with Crippen molar-refractivity contribution in [1.29, 1.82) is 0 Å². The number of anilines is 6. The lowest BCUT2D eigenvalue weighted by molar-refractivity contribution is 0.729. The molecule has 1 atom stereocenters. The van der Waals surface area contributed by atoms with Gasteiger partial charge in [-0.25, -0.2) is 0 Å². The second-order valence-electron chi connectivity index (χ2n) is 22.7. The summed E-state index contributed by atoms with van der Waals surface area (Å²) in [5.74, 6) is 0. The van der Waals surface area contributed by atoms with Gasteiger partial charge < -0.3 is 9.80 Å². The Morgan fingerprint density at radius 1 is 0.298 bits per heavy atom. The van der Waals surface area contributed by atoms with Crippen LogP contribution in [-0.4, -0.2) is 0 Å². The number of benzene rings is 13. The first-order valence-corrected chi connectivity index (χ1v) is 29.3. The molecule has 13 aromatic carbocycles. The molecule has 0 bridgehead atoms. The summed E-state index contributed by atoms with van der Waals surface area (Å²) in [5.41, 5.74) is 24.1. The second kappa shape index (κ2) is 19.3. The minimum atomic E-state index is -0.838. The van der Waals surface area contributed by atoms with Gasteiger partial charge >= 0.3 is 0 Å². The van der Waals surface area contributed by atoms with Gasteiger partial charge in [-0.15, -0.1) is 0 Å². The van der Waals surface area contributed by atoms with Crippen molar-refractivity contribution in [1.82, 2.24) is 0 Å². The van der Waals surface area contributed by atoms with Crippen LogP contribution < -0.4 is 9.80 Å². The van der Waals surface area contributed by atoms with Crippen molar-refractivity contribution in [2.75, 3.05) is 9.80 Å². The molecule has 3 aliphatic rings. The molecule has 2 nitrogen and oxygen atoms in total. The molecule has 0 saturated heterocycles. The molecule has 84 heavy (non-hydrogen) atoms. The number of rotatable bonds is 9. The van der Waals surface area contributed by atoms with Gasteiger partial charge in [-0.1, -0.05) is 280 Å². The Bertz CT molecular complexity index is 4540. The number of para-hydroxylation sites is 4. The van der Waals surface area contributed by atoms with Gasteiger partial charge in [0.2, 0.25) is 0 Å². The third-order valence-electron chi connectivity index (χ3n) is 18.8. The van der Waals surface area contributed by atoms with Crippen LogP contribution in [0.5, 0.6) is 0 Å². The highest BCUT2D eigenvalue weighted by Gasteiger charge is 2.52. The van der Waals surface area contributed by atoms with Crippen molar-refractivity contribution in [3.8, 4) is 11.1 Å². The predicted octanol–water partition coefficient (Wildman–Crippen LogP) is 20.5. The van der Waals surface area contributed by atoms with Gasteiger partial charge in [-0.3, -0.25) is 0 Å². The number of hydrogen-bond donors (Lipinski definition) is 0. The highest BCUT2D eigenvalue weighted by molar-refractivity contribution is 6.05. The van der Waals surface area contributed by atoms with Gasteiger partial charge in [0.1, 0.15) is 0 Å². The standard InChI is InChI=1S/C82H58N2/c1-3-57-49-52-64(84-77-46-26-22-42-70(77)81(61-33-12-6-13-34-61,62-35-14-7-15-36-62)71-43-23-27-47-78(71)84)55-74(57)82(67-39-19-18-38-66(67)79-65-37-17-16-28-58(65)50-53-72(79)82)73-54-63(51-48-56(73)2)83-75-44-24-20-40-68(75)80(59-29-8-4-9-30-59,60-31-10-5-11-32-60)69-41-21-25-45-76(69)83/h3-55H,1H2,2H3. The van der Waals surface area contributed by atoms with E-state index in [2.05, 4.69) is 345 Å². The molecular weight excluding hydrogens is 1010 g/mol. The summed E-state index contributed by atoms with van der Waals surface area (Å²) in [6.07, 6.45) is 2.08. The number of nitrogens with zero attached hydrogens (tertiary/aromatic N) is 2. The van der Waals surface area contributed by atoms with Gasteiger partial charge in [0.25, 0.3) is 0 Å². The monoisotopic (exact) mass is 1070 g/mol. The molecule has 2 heterocycles. The normalized spacial score (nSPS) is 15.7. The second-order valence-corrected chi connectivity index (χ2v) is 22.7. The van der Waals surface area contributed by atoms with E-state index in [-0.39, 0.29) is 0 Å². The lowest BCUT2D eigenvalue weighted by Gasteiger charge is -2.47. The molecule has 2 heteroatoms. The molecular formula is C82H58N2. The fourth-order valence-corrected chi connectivity index (χ4v) is 15.5. The maximum absolute atomic E-state index is 4.66. The zero-order valence-corrected chi connectivity index (χ0v) is 46.7. The molecule has 0 spiro atoms. The summed E-state index contributed by atoms with van der Waals surface area (Å²) in [5, 5.41) is 2.46. The van der Waals surface area contributed by atoms with Gasteiger partial charge in [-0.2, -0.15) is 0 Å². The molecule has 2 aliphatic heterocycles. The molecule has 0 saturated carbocycles. The van der Waals surface area contributed by atoms with Gasteiger partial charge in [0, 0.05) is 11.4 Å². The Balaban J connectivity index is 0.982. The van der Waals surface area contributed by atoms with Gasteiger partial charge in [0.05, 0.1) is 39.0 Å². The van der Waals surface area contributed by atoms with E-state index < -0.39 is 16.2 Å². The largest absolute Gasteiger partial charge is 0.310 e. The van der Waals surface area contributed by atoms with E-state index in [4.69, 9.17) is 0 Å². The molecule has 1 aliphatic carbocycles. The van der Waals surface area contributed by atoms with E-state index in [0.29, 0.717) is 0 Å². The molecule has 0 aromatic heterocycles. The van der Waals surface area contributed by atoms with E-state index in [0.717, 1.165) is 39.7 Å². The van der Waals surface area contributed by atoms with E-state index in [1.54, 1.807) is 0 Å². The molecule has 0 amide bonds. The number of fused-ring (bicyclic) bond motifs is 9. The van der Waals surface area contributed by atoms with E-state index in [1.165, 1.54) is 94.2 Å². The maximum atomic E-state index is 4.66. The van der Waals surface area contributed by atoms with E-state index >= 15 is 0 Å². The molecule has 13 aromatic rings. The van der Waals surface area contributed by atoms with Crippen molar-refractivity contribution in [3.63, 3.8) is 0 Å². The van der Waals surface area contributed by atoms with Crippen LogP contribution in [0.15, 0.2) is 322 Å². The van der Waals surface area contributed by atoms with Crippen molar-refractivity contribution in [3.05, 3.63) is 400 Å². The van der Waals surface area contributed by atoms with Crippen LogP contribution >= 0.6 is 0 Å². The van der Waals surface area contributed by atoms with Gasteiger partial charge in [0.15, 0.2) is 0 Å². The first-order chi connectivity index (χ1) is 41.6. The smallest absolute Gasteiger partial charge is 0.0742 e. The van der Waals surface area contributed by atoms with Crippen LogP contribution in [0.4, 0.5) is 34.1 Å². The van der Waals surface area contributed by atoms with Crippen molar-refractivity contribution < 1.29 is 0 Å². The highest BCUT2D eigenvalue weighted by Crippen LogP contribution is 2.63. The first kappa shape index (κ1) is 49.3. The minimum absolute atomic E-state index is 0.599. The zero-order chi connectivity index (χ0) is 56.0. The predicted molar refractivity (Wildman–Crippen MR) is 349 cm³/mol. The van der Waals surface area contributed by atoms with Gasteiger partial charge in [-0.05, 0) is 155 Å². The maximum Gasteiger partial charge on any atom is 0.0742 e. The van der Waals surface area contributed by atoms with E-state index in [1.807, 2.05) is 0 Å². The SMILES string of the molecule is C=Cc1ccc(N2c3ccccc3C(c3ccccc3)(c3ccccc3)c3ccccc32)cc1C1(c2cc(N3c4ccccc4C(c4ccccc4)(c4ccccc4)c4ccccc43)ccc2C)c2ccccc2-c2c1ccc1ccccc21. The number of hydrogen-bond acceptors (Lipinski definition) is 2. The number of aryl methyl sites for hydroxylation is 1. The lowest BCUT2D eigenvalue weighted by Crippen LogP contribution is -2.38. The Labute approximate surface area is 492 Å². The topological polar surface area (TPSA) is 6.48 Å². The Kier molecular flexibility index (Phi) is 11.3. The van der Waals surface area contributed by atoms with Crippen LogP contribution in [0.2, 0.25) is 0 Å². The first-order valence-electron chi connectivity index (χ1n) is 29.3. The fraction of sp³-hybridized carbons (Fsp3) is 0.0488. The quantitative estimate of drug-likeness (QED) is 0.142. The summed E-state index contributed by atoms with van der Waals surface area (Å²) in [4.78, 5) is 5.06. The van der Waals surface area contributed by atoms with Crippen molar-refractivity contribution in [2.24, 2.45) is 0 Å². The van der Waals surface area contributed by atoms with Crippen LogP contribution in [0.25, 0.3) is 28.0 Å². The molecule has 396 valence electrons. The summed E-state index contributed by atoms with van der Waals surface area (Å²) in [7, 11) is 0. The average molecular weight is 1070 g/mol. The fourth-order valence-electron chi connectivity index (χ4n) is 15.5. The van der Waals surface area contributed by atoms with Crippen LogP contribution in [0.1, 0.15) is 77.9 Å². The Morgan fingerprint density at radius 2 is 0.679 bits per heavy atom. The third-order valence-corrected chi connectivity index (χ3v) is 18.8. The summed E-state index contributed by atoms with van der Waals surface area (Å²) >= 11 is 0. The highest BCUT2D eigenvalue weighted by atomic mass is 15.2. The average Bonchev–Trinajstić information content (AvgIpc) is 1.26. The molecule has 0 radical (unpaired) electrons. The van der Waals surface area contributed by atoms with Crippen molar-refractivity contribution >= 4 is 51.0 Å². The lowest BCUT2D eigenvalue weighted by atomic mass is 9.62. The zero-order valence-electron chi connectivity index (χ0n) is 46.7. The van der Waals surface area contributed by atoms with Crippen LogP contribution in [0, 0.1) is 6.92 Å². The third kappa shape index (κ3) is 6.80. The Hall–Kier alpha value is -10.5. The van der Waals surface area contributed by atoms with Crippen molar-refractivity contribution in [2.45, 2.75) is 23.2 Å². The molecule has 16 rings (SSSR count). The van der Waals surface area contributed by atoms with Crippen LogP contribution in [0.3, 0.4) is 0 Å². The summed E-state index contributed by atoms with van der Waals surface area (Å²) in [6, 6.07) is 118. The molecule has 1 unspecified atom stereocenters. The van der Waals surface area contributed by atoms with Crippen LogP contribution in [-0.2, 0) is 16.2 Å².